The highest BCUT2D eigenvalue weighted by atomic mass is 19.1. The zero-order valence-electron chi connectivity index (χ0n) is 14.6. The van der Waals surface area contributed by atoms with Crippen molar-refractivity contribution in [2.45, 2.75) is 13.5 Å². The monoisotopic (exact) mass is 357 g/mol. The zero-order valence-corrected chi connectivity index (χ0v) is 14.6. The minimum absolute atomic E-state index is 0.177. The molecule has 5 rings (SSSR count). The molecule has 2 aromatic heterocycles. The first kappa shape index (κ1) is 15.7. The Morgan fingerprint density at radius 2 is 1.81 bits per heavy atom. The van der Waals surface area contributed by atoms with Crippen LogP contribution >= 0.6 is 0 Å². The summed E-state index contributed by atoms with van der Waals surface area (Å²) in [5, 5.41) is 16.5. The molecular weight excluding hydrogens is 341 g/mol. The molecule has 0 amide bonds. The van der Waals surface area contributed by atoms with E-state index in [-0.39, 0.29) is 5.82 Å². The minimum atomic E-state index is -0.177. The van der Waals surface area contributed by atoms with Crippen LogP contribution in [0.1, 0.15) is 11.1 Å². The van der Waals surface area contributed by atoms with Gasteiger partial charge in [0.25, 0.3) is 0 Å². The van der Waals surface area contributed by atoms with E-state index in [1.165, 1.54) is 6.07 Å². The number of tetrazole rings is 1. The van der Waals surface area contributed by atoms with Crippen LogP contribution in [0.25, 0.3) is 33.2 Å². The van der Waals surface area contributed by atoms with Crippen LogP contribution in [0.2, 0.25) is 0 Å². The van der Waals surface area contributed by atoms with E-state index >= 15 is 0 Å². The highest BCUT2D eigenvalue weighted by Gasteiger charge is 2.15. The van der Waals surface area contributed by atoms with Crippen LogP contribution in [0.15, 0.2) is 60.7 Å². The summed E-state index contributed by atoms with van der Waals surface area (Å²) in [4.78, 5) is 0. The van der Waals surface area contributed by atoms with Gasteiger partial charge in [0.1, 0.15) is 5.82 Å². The molecule has 0 saturated carbocycles. The van der Waals surface area contributed by atoms with Gasteiger partial charge in [-0.1, -0.05) is 30.3 Å². The highest BCUT2D eigenvalue weighted by Crippen LogP contribution is 2.32. The molecule has 1 N–H and O–H groups in total. The molecule has 0 spiro atoms. The van der Waals surface area contributed by atoms with Crippen LogP contribution in [-0.2, 0) is 6.54 Å². The summed E-state index contributed by atoms with van der Waals surface area (Å²) in [6, 6.07) is 19.5. The van der Waals surface area contributed by atoms with Gasteiger partial charge in [0.05, 0.1) is 6.54 Å². The van der Waals surface area contributed by atoms with E-state index in [1.54, 1.807) is 6.07 Å². The first-order chi connectivity index (χ1) is 13.2. The van der Waals surface area contributed by atoms with Gasteiger partial charge in [-0.2, -0.15) is 5.21 Å². The van der Waals surface area contributed by atoms with E-state index in [4.69, 9.17) is 0 Å². The lowest BCUT2D eigenvalue weighted by Crippen LogP contribution is -2.04. The van der Waals surface area contributed by atoms with E-state index in [1.807, 2.05) is 37.3 Å². The number of nitrogens with zero attached hydrogens (tertiary/aromatic N) is 4. The van der Waals surface area contributed by atoms with E-state index in [9.17, 15) is 4.39 Å². The fourth-order valence-corrected chi connectivity index (χ4v) is 3.67. The molecule has 0 atom stereocenters. The van der Waals surface area contributed by atoms with Gasteiger partial charge in [0.2, 0.25) is 5.82 Å². The van der Waals surface area contributed by atoms with Crippen LogP contribution in [0.3, 0.4) is 0 Å². The molecule has 0 aliphatic rings. The van der Waals surface area contributed by atoms with Crippen LogP contribution in [0.5, 0.6) is 0 Å². The molecule has 132 valence electrons. The molecule has 0 aliphatic carbocycles. The maximum Gasteiger partial charge on any atom is 0.204 e. The van der Waals surface area contributed by atoms with E-state index in [2.05, 4.69) is 43.4 Å². The summed E-state index contributed by atoms with van der Waals surface area (Å²) in [7, 11) is 0. The number of rotatable bonds is 3. The summed E-state index contributed by atoms with van der Waals surface area (Å²) in [6.45, 7) is 2.42. The second kappa shape index (κ2) is 6.02. The zero-order chi connectivity index (χ0) is 18.4. The van der Waals surface area contributed by atoms with Gasteiger partial charge in [-0.15, -0.1) is 10.2 Å². The highest BCUT2D eigenvalue weighted by molar-refractivity contribution is 6.09. The van der Waals surface area contributed by atoms with Crippen LogP contribution in [0.4, 0.5) is 4.39 Å². The number of fused-ring (bicyclic) bond motifs is 3. The van der Waals surface area contributed by atoms with Crippen molar-refractivity contribution in [3.8, 4) is 11.4 Å². The van der Waals surface area contributed by atoms with E-state index in [0.717, 1.165) is 32.9 Å². The average Bonchev–Trinajstić information content (AvgIpc) is 3.32. The molecule has 5 aromatic rings. The second-order valence-electron chi connectivity index (χ2n) is 6.61. The first-order valence-corrected chi connectivity index (χ1v) is 8.71. The van der Waals surface area contributed by atoms with Gasteiger partial charge in [-0.3, -0.25) is 0 Å². The predicted octanol–water partition coefficient (Wildman–Crippen LogP) is 4.47. The summed E-state index contributed by atoms with van der Waals surface area (Å²) in [5.74, 6) is 0.378. The second-order valence-corrected chi connectivity index (χ2v) is 6.61. The number of nitrogens with one attached hydrogen (secondary N) is 1. The number of aryl methyl sites for hydroxylation is 1. The number of hydrogen-bond acceptors (Lipinski definition) is 3. The quantitative estimate of drug-likeness (QED) is 0.518. The number of aromatic nitrogens is 5. The van der Waals surface area contributed by atoms with Gasteiger partial charge in [-0.05, 0) is 48.0 Å². The molecule has 0 aliphatic heterocycles. The summed E-state index contributed by atoms with van der Waals surface area (Å²) < 4.78 is 16.6. The molecule has 5 nitrogen and oxygen atoms in total. The van der Waals surface area contributed by atoms with Gasteiger partial charge < -0.3 is 4.57 Å². The Morgan fingerprint density at radius 3 is 2.63 bits per heavy atom. The predicted molar refractivity (Wildman–Crippen MR) is 103 cm³/mol. The summed E-state index contributed by atoms with van der Waals surface area (Å²) >= 11 is 0. The van der Waals surface area contributed by atoms with Crippen LogP contribution < -0.4 is 0 Å². The summed E-state index contributed by atoms with van der Waals surface area (Å²) in [6.07, 6.45) is 0. The Balaban J connectivity index is 1.76. The van der Waals surface area contributed by atoms with Crippen molar-refractivity contribution in [3.05, 3.63) is 77.6 Å². The maximum atomic E-state index is 14.5. The SMILES string of the molecule is Cc1cccc(F)c1Cn1c2ccccc2c2cc(-c3nn[nH]n3)ccc21. The topological polar surface area (TPSA) is 59.4 Å². The molecule has 6 heteroatoms. The lowest BCUT2D eigenvalue weighted by atomic mass is 10.1. The fraction of sp³-hybridized carbons (Fsp3) is 0.0952. The van der Waals surface area contributed by atoms with Crippen LogP contribution in [0, 0.1) is 12.7 Å². The van der Waals surface area contributed by atoms with Gasteiger partial charge in [0, 0.05) is 32.9 Å². The Hall–Kier alpha value is -3.54. The number of halogens is 1. The number of para-hydroxylation sites is 1. The number of benzene rings is 3. The van der Waals surface area contributed by atoms with E-state index < -0.39 is 0 Å². The first-order valence-electron chi connectivity index (χ1n) is 8.71. The molecule has 27 heavy (non-hydrogen) atoms. The Kier molecular flexibility index (Phi) is 3.50. The number of H-pyrrole nitrogens is 1. The van der Waals surface area contributed by atoms with Gasteiger partial charge in [0.15, 0.2) is 0 Å². The van der Waals surface area contributed by atoms with Crippen molar-refractivity contribution in [1.82, 2.24) is 25.2 Å². The minimum Gasteiger partial charge on any atom is -0.336 e. The molecule has 0 saturated heterocycles. The van der Waals surface area contributed by atoms with Crippen molar-refractivity contribution in [1.29, 1.82) is 0 Å². The van der Waals surface area contributed by atoms with Crippen LogP contribution in [-0.4, -0.2) is 25.2 Å². The molecule has 0 radical (unpaired) electrons. The molecular formula is C21H16FN5. The van der Waals surface area contributed by atoms with Crippen molar-refractivity contribution in [3.63, 3.8) is 0 Å². The molecule has 0 bridgehead atoms. The Bertz CT molecular complexity index is 1250. The van der Waals surface area contributed by atoms with Crippen molar-refractivity contribution >= 4 is 21.8 Å². The largest absolute Gasteiger partial charge is 0.336 e. The maximum absolute atomic E-state index is 14.5. The van der Waals surface area contributed by atoms with Gasteiger partial charge >= 0.3 is 0 Å². The van der Waals surface area contributed by atoms with E-state index in [0.29, 0.717) is 17.9 Å². The summed E-state index contributed by atoms with van der Waals surface area (Å²) in [5.41, 5.74) is 4.67. The molecule has 3 aromatic carbocycles. The van der Waals surface area contributed by atoms with Gasteiger partial charge in [-0.25, -0.2) is 4.39 Å². The fourth-order valence-electron chi connectivity index (χ4n) is 3.67. The van der Waals surface area contributed by atoms with Crippen molar-refractivity contribution < 1.29 is 4.39 Å². The molecule has 0 unspecified atom stereocenters. The number of hydrogen-bond donors (Lipinski definition) is 1. The Morgan fingerprint density at radius 1 is 0.963 bits per heavy atom. The Labute approximate surface area is 154 Å². The third-order valence-electron chi connectivity index (χ3n) is 5.05. The lowest BCUT2D eigenvalue weighted by molar-refractivity contribution is 0.601. The number of aromatic amines is 1. The van der Waals surface area contributed by atoms with Crippen molar-refractivity contribution in [2.75, 3.05) is 0 Å². The lowest BCUT2D eigenvalue weighted by Gasteiger charge is -2.11. The third-order valence-corrected chi connectivity index (χ3v) is 5.05. The standard InChI is InChI=1S/C21H16FN5/c1-13-5-4-7-18(22)17(13)12-27-19-8-3-2-6-15(19)16-11-14(9-10-20(16)27)21-23-25-26-24-21/h2-11H,12H2,1H3,(H,23,24,25,26). The molecule has 2 heterocycles. The van der Waals surface area contributed by atoms with Crippen molar-refractivity contribution in [2.24, 2.45) is 0 Å². The molecule has 0 fully saturated rings. The average molecular weight is 357 g/mol. The normalized spacial score (nSPS) is 11.5. The third kappa shape index (κ3) is 2.49. The smallest absolute Gasteiger partial charge is 0.204 e.